The van der Waals surface area contributed by atoms with Crippen molar-refractivity contribution in [3.05, 3.63) is 88.5 Å². The van der Waals surface area contributed by atoms with Crippen LogP contribution in [0.2, 0.25) is 0 Å². The van der Waals surface area contributed by atoms with Gasteiger partial charge in [0.25, 0.3) is 0 Å². The van der Waals surface area contributed by atoms with Gasteiger partial charge in [-0.2, -0.15) is 8.42 Å². The van der Waals surface area contributed by atoms with Gasteiger partial charge in [-0.05, 0) is 61.1 Å². The highest BCUT2D eigenvalue weighted by atomic mass is 32.2. The first-order chi connectivity index (χ1) is 17.6. The summed E-state index contributed by atoms with van der Waals surface area (Å²) in [5.74, 6) is 1.64. The summed E-state index contributed by atoms with van der Waals surface area (Å²) in [7, 11) is -4.04. The Labute approximate surface area is 219 Å². The Morgan fingerprint density at radius 1 is 1.03 bits per heavy atom. The van der Waals surface area contributed by atoms with E-state index in [-0.39, 0.29) is 16.1 Å². The number of allylic oxidation sites excluding steroid dienone is 1. The van der Waals surface area contributed by atoms with Gasteiger partial charge >= 0.3 is 10.1 Å². The van der Waals surface area contributed by atoms with Crippen molar-refractivity contribution in [1.29, 1.82) is 0 Å². The highest BCUT2D eigenvalue weighted by Crippen LogP contribution is 2.43. The Hall–Kier alpha value is -3.51. The molecule has 0 spiro atoms. The highest BCUT2D eigenvalue weighted by molar-refractivity contribution is 7.87. The SMILES string of the molecule is CCCOc1ccc(C2=Cc3ccc4c(c3OC2)C=CC(C)(C)C4)c(OS(=O)(=O)c2ccc(C)cc2)c1. The van der Waals surface area contributed by atoms with Crippen LogP contribution in [0, 0.1) is 12.3 Å². The van der Waals surface area contributed by atoms with E-state index in [1.165, 1.54) is 5.56 Å². The number of hydrogen-bond acceptors (Lipinski definition) is 5. The van der Waals surface area contributed by atoms with Crippen LogP contribution in [-0.2, 0) is 16.5 Å². The lowest BCUT2D eigenvalue weighted by molar-refractivity contribution is 0.316. The normalized spacial score (nSPS) is 15.7. The molecular formula is C31H32O5S. The van der Waals surface area contributed by atoms with Crippen molar-refractivity contribution in [3.8, 4) is 17.2 Å². The molecule has 37 heavy (non-hydrogen) atoms. The third-order valence-electron chi connectivity index (χ3n) is 6.65. The molecule has 5 rings (SSSR count). The van der Waals surface area contributed by atoms with E-state index in [4.69, 9.17) is 13.7 Å². The Kier molecular flexibility index (Phi) is 6.63. The van der Waals surface area contributed by atoms with Crippen LogP contribution in [0.5, 0.6) is 17.2 Å². The highest BCUT2D eigenvalue weighted by Gasteiger charge is 2.27. The first-order valence-corrected chi connectivity index (χ1v) is 14.0. The molecule has 0 saturated carbocycles. The fourth-order valence-corrected chi connectivity index (χ4v) is 5.62. The minimum Gasteiger partial charge on any atom is -0.493 e. The molecule has 0 amide bonds. The third-order valence-corrected chi connectivity index (χ3v) is 7.90. The maximum atomic E-state index is 13.2. The summed E-state index contributed by atoms with van der Waals surface area (Å²) in [5.41, 5.74) is 5.93. The largest absolute Gasteiger partial charge is 0.493 e. The van der Waals surface area contributed by atoms with E-state index in [0.29, 0.717) is 24.5 Å². The van der Waals surface area contributed by atoms with Crippen molar-refractivity contribution < 1.29 is 22.1 Å². The molecule has 0 N–H and O–H groups in total. The molecule has 0 bridgehead atoms. The zero-order valence-corrected chi connectivity index (χ0v) is 22.5. The van der Waals surface area contributed by atoms with E-state index in [1.807, 2.05) is 26.0 Å². The van der Waals surface area contributed by atoms with Crippen LogP contribution in [0.1, 0.15) is 55.0 Å². The molecule has 5 nitrogen and oxygen atoms in total. The Morgan fingerprint density at radius 2 is 1.81 bits per heavy atom. The Morgan fingerprint density at radius 3 is 2.57 bits per heavy atom. The van der Waals surface area contributed by atoms with E-state index in [1.54, 1.807) is 30.3 Å². The van der Waals surface area contributed by atoms with Gasteiger partial charge in [-0.15, -0.1) is 0 Å². The molecule has 3 aromatic carbocycles. The van der Waals surface area contributed by atoms with Crippen LogP contribution in [0.3, 0.4) is 0 Å². The van der Waals surface area contributed by atoms with E-state index in [2.05, 4.69) is 44.2 Å². The van der Waals surface area contributed by atoms with Gasteiger partial charge in [0, 0.05) is 28.3 Å². The lowest BCUT2D eigenvalue weighted by atomic mass is 9.78. The molecule has 6 heteroatoms. The molecule has 1 aliphatic heterocycles. The summed E-state index contributed by atoms with van der Waals surface area (Å²) < 4.78 is 44.1. The van der Waals surface area contributed by atoms with Crippen molar-refractivity contribution in [1.82, 2.24) is 0 Å². The van der Waals surface area contributed by atoms with Crippen LogP contribution in [0.4, 0.5) is 0 Å². The summed E-state index contributed by atoms with van der Waals surface area (Å²) in [4.78, 5) is 0.101. The van der Waals surface area contributed by atoms with Crippen LogP contribution in [0.15, 0.2) is 65.6 Å². The molecule has 0 saturated heterocycles. The summed E-state index contributed by atoms with van der Waals surface area (Å²) in [6, 6.07) is 16.2. The quantitative estimate of drug-likeness (QED) is 0.314. The fraction of sp³-hybridized carbons (Fsp3) is 0.290. The molecule has 1 heterocycles. The molecule has 0 fully saturated rings. The lowest BCUT2D eigenvalue weighted by Gasteiger charge is -2.29. The minimum atomic E-state index is -4.04. The molecule has 0 unspecified atom stereocenters. The van der Waals surface area contributed by atoms with Gasteiger partial charge in [-0.1, -0.05) is 62.8 Å². The van der Waals surface area contributed by atoms with E-state index >= 15 is 0 Å². The molecule has 0 radical (unpaired) electrons. The summed E-state index contributed by atoms with van der Waals surface area (Å²) in [6.07, 6.45) is 8.24. The van der Waals surface area contributed by atoms with E-state index in [0.717, 1.165) is 40.9 Å². The predicted octanol–water partition coefficient (Wildman–Crippen LogP) is 7.08. The predicted molar refractivity (Wildman–Crippen MR) is 148 cm³/mol. The molecule has 192 valence electrons. The van der Waals surface area contributed by atoms with E-state index in [9.17, 15) is 8.42 Å². The number of aryl methyl sites for hydroxylation is 1. The number of rotatable bonds is 7. The zero-order chi connectivity index (χ0) is 26.2. The molecule has 0 aromatic heterocycles. The monoisotopic (exact) mass is 516 g/mol. The van der Waals surface area contributed by atoms with Crippen LogP contribution in [0.25, 0.3) is 17.7 Å². The van der Waals surface area contributed by atoms with Gasteiger partial charge in [0.1, 0.15) is 23.0 Å². The zero-order valence-electron chi connectivity index (χ0n) is 21.7. The van der Waals surface area contributed by atoms with Gasteiger partial charge in [0.15, 0.2) is 5.75 Å². The van der Waals surface area contributed by atoms with Crippen molar-refractivity contribution >= 4 is 27.8 Å². The molecular weight excluding hydrogens is 484 g/mol. The van der Waals surface area contributed by atoms with Crippen LogP contribution >= 0.6 is 0 Å². The lowest BCUT2D eigenvalue weighted by Crippen LogP contribution is -2.18. The maximum absolute atomic E-state index is 13.2. The first kappa shape index (κ1) is 25.2. The average molecular weight is 517 g/mol. The molecule has 3 aromatic rings. The van der Waals surface area contributed by atoms with E-state index < -0.39 is 10.1 Å². The van der Waals surface area contributed by atoms with Gasteiger partial charge in [-0.25, -0.2) is 0 Å². The Balaban J connectivity index is 1.54. The standard InChI is InChI=1S/C31H32O5S/c1-5-16-34-25-10-13-27(29(18-25)36-37(32,33)26-11-6-21(2)7-12-26)24-17-22-8-9-23-19-31(3,4)15-14-28(23)30(22)35-20-24/h6-15,17-18H,5,16,19-20H2,1-4H3. The summed E-state index contributed by atoms with van der Waals surface area (Å²) in [5, 5.41) is 0. The third kappa shape index (κ3) is 5.30. The number of fused-ring (bicyclic) bond motifs is 3. The van der Waals surface area contributed by atoms with Gasteiger partial charge in [0.05, 0.1) is 6.61 Å². The molecule has 0 atom stereocenters. The van der Waals surface area contributed by atoms with Crippen LogP contribution in [-0.4, -0.2) is 21.6 Å². The number of ether oxygens (including phenoxy) is 2. The van der Waals surface area contributed by atoms with Gasteiger partial charge in [0.2, 0.25) is 0 Å². The van der Waals surface area contributed by atoms with Crippen molar-refractivity contribution in [3.63, 3.8) is 0 Å². The smallest absolute Gasteiger partial charge is 0.339 e. The maximum Gasteiger partial charge on any atom is 0.339 e. The average Bonchev–Trinajstić information content (AvgIpc) is 2.86. The van der Waals surface area contributed by atoms with Gasteiger partial charge < -0.3 is 13.7 Å². The molecule has 1 aliphatic carbocycles. The summed E-state index contributed by atoms with van der Waals surface area (Å²) >= 11 is 0. The number of benzene rings is 3. The van der Waals surface area contributed by atoms with Gasteiger partial charge in [-0.3, -0.25) is 0 Å². The summed E-state index contributed by atoms with van der Waals surface area (Å²) in [6.45, 7) is 9.21. The van der Waals surface area contributed by atoms with Crippen molar-refractivity contribution in [2.24, 2.45) is 5.41 Å². The minimum absolute atomic E-state index is 0.101. The van der Waals surface area contributed by atoms with Crippen molar-refractivity contribution in [2.75, 3.05) is 13.2 Å². The fourth-order valence-electron chi connectivity index (χ4n) is 4.68. The second-order valence-corrected chi connectivity index (χ2v) is 11.9. The topological polar surface area (TPSA) is 61.8 Å². The Bertz CT molecular complexity index is 1500. The second kappa shape index (κ2) is 9.75. The van der Waals surface area contributed by atoms with Crippen LogP contribution < -0.4 is 13.7 Å². The van der Waals surface area contributed by atoms with Crippen molar-refractivity contribution in [2.45, 2.75) is 45.4 Å². The number of hydrogen-bond donors (Lipinski definition) is 0. The first-order valence-electron chi connectivity index (χ1n) is 12.6. The second-order valence-electron chi connectivity index (χ2n) is 10.4. The molecule has 2 aliphatic rings.